The molecular weight excluding hydrogens is 482 g/mol. The molecule has 38 heavy (non-hydrogen) atoms. The van der Waals surface area contributed by atoms with Crippen LogP contribution >= 0.6 is 0 Å². The van der Waals surface area contributed by atoms with Crippen molar-refractivity contribution in [2.24, 2.45) is 0 Å². The van der Waals surface area contributed by atoms with Crippen LogP contribution in [0.2, 0.25) is 0 Å². The maximum absolute atomic E-state index is 13.2. The minimum Gasteiger partial charge on any atom is -0.379 e. The summed E-state index contributed by atoms with van der Waals surface area (Å²) in [6.45, 7) is 7.52. The molecular formula is C29H31N5O4. The van der Waals surface area contributed by atoms with Crippen LogP contribution in [0.1, 0.15) is 34.5 Å². The Bertz CT molecular complexity index is 1390. The van der Waals surface area contributed by atoms with Crippen LogP contribution in [-0.2, 0) is 27.4 Å². The zero-order chi connectivity index (χ0) is 26.2. The SMILES string of the molecule is Cc1c(-c2ccccc2)c(-c2ccc3c(c2)CN(C2CCC(=O)NC2=O)C3=O)nn1CCN1CCOCC1. The van der Waals surface area contributed by atoms with E-state index in [1.165, 1.54) is 0 Å². The van der Waals surface area contributed by atoms with Crippen LogP contribution in [0.4, 0.5) is 0 Å². The highest BCUT2D eigenvalue weighted by Gasteiger charge is 2.39. The summed E-state index contributed by atoms with van der Waals surface area (Å²) in [7, 11) is 0. The first-order valence-corrected chi connectivity index (χ1v) is 13.2. The van der Waals surface area contributed by atoms with Gasteiger partial charge in [0.1, 0.15) is 11.7 Å². The molecule has 1 aromatic heterocycles. The van der Waals surface area contributed by atoms with E-state index in [0.29, 0.717) is 18.5 Å². The van der Waals surface area contributed by atoms with E-state index >= 15 is 0 Å². The Kier molecular flexibility index (Phi) is 6.55. The summed E-state index contributed by atoms with van der Waals surface area (Å²) >= 11 is 0. The van der Waals surface area contributed by atoms with Crippen molar-refractivity contribution in [1.29, 1.82) is 0 Å². The number of ether oxygens (including phenoxy) is 1. The van der Waals surface area contributed by atoms with Gasteiger partial charge in [0.25, 0.3) is 5.91 Å². The molecule has 196 valence electrons. The van der Waals surface area contributed by atoms with Gasteiger partial charge in [0, 0.05) is 55.0 Å². The lowest BCUT2D eigenvalue weighted by molar-refractivity contribution is -0.136. The van der Waals surface area contributed by atoms with Gasteiger partial charge in [-0.1, -0.05) is 36.4 Å². The first-order valence-electron chi connectivity index (χ1n) is 13.2. The van der Waals surface area contributed by atoms with Crippen molar-refractivity contribution < 1.29 is 19.1 Å². The van der Waals surface area contributed by atoms with E-state index < -0.39 is 11.9 Å². The number of amides is 3. The third-order valence-corrected chi connectivity index (χ3v) is 7.80. The smallest absolute Gasteiger partial charge is 0.255 e. The van der Waals surface area contributed by atoms with Crippen molar-refractivity contribution in [1.82, 2.24) is 24.9 Å². The zero-order valence-electron chi connectivity index (χ0n) is 21.5. The van der Waals surface area contributed by atoms with Gasteiger partial charge in [0.05, 0.1) is 19.8 Å². The van der Waals surface area contributed by atoms with Gasteiger partial charge in [0.15, 0.2) is 0 Å². The zero-order valence-corrected chi connectivity index (χ0v) is 21.5. The highest BCUT2D eigenvalue weighted by molar-refractivity contribution is 6.05. The molecule has 0 radical (unpaired) electrons. The van der Waals surface area contributed by atoms with E-state index in [0.717, 1.165) is 73.0 Å². The molecule has 6 rings (SSSR count). The van der Waals surface area contributed by atoms with Crippen molar-refractivity contribution in [3.8, 4) is 22.4 Å². The normalized spacial score (nSPS) is 20.1. The van der Waals surface area contributed by atoms with Gasteiger partial charge in [-0.2, -0.15) is 5.10 Å². The fraction of sp³-hybridized carbons (Fsp3) is 0.379. The number of hydrogen-bond acceptors (Lipinski definition) is 6. The Hall–Kier alpha value is -3.82. The maximum atomic E-state index is 13.2. The fourth-order valence-corrected chi connectivity index (χ4v) is 5.70. The lowest BCUT2D eigenvalue weighted by Crippen LogP contribution is -2.52. The summed E-state index contributed by atoms with van der Waals surface area (Å²) in [4.78, 5) is 41.2. The predicted octanol–water partition coefficient (Wildman–Crippen LogP) is 2.62. The molecule has 9 heteroatoms. The number of aromatic nitrogens is 2. The van der Waals surface area contributed by atoms with E-state index in [-0.39, 0.29) is 18.2 Å². The Morgan fingerprint density at radius 3 is 2.55 bits per heavy atom. The number of rotatable bonds is 6. The molecule has 0 aliphatic carbocycles. The van der Waals surface area contributed by atoms with Gasteiger partial charge in [-0.25, -0.2) is 0 Å². The summed E-state index contributed by atoms with van der Waals surface area (Å²) in [6, 6.07) is 15.5. The summed E-state index contributed by atoms with van der Waals surface area (Å²) < 4.78 is 7.57. The van der Waals surface area contributed by atoms with Gasteiger partial charge in [0.2, 0.25) is 11.8 Å². The maximum Gasteiger partial charge on any atom is 0.255 e. The Morgan fingerprint density at radius 2 is 1.79 bits per heavy atom. The third-order valence-electron chi connectivity index (χ3n) is 7.80. The molecule has 1 atom stereocenters. The van der Waals surface area contributed by atoms with E-state index in [2.05, 4.69) is 34.0 Å². The number of hydrogen-bond donors (Lipinski definition) is 1. The number of carbonyl (C=O) groups is 3. The highest BCUT2D eigenvalue weighted by atomic mass is 16.5. The van der Waals surface area contributed by atoms with Crippen molar-refractivity contribution in [2.75, 3.05) is 32.8 Å². The molecule has 9 nitrogen and oxygen atoms in total. The number of fused-ring (bicyclic) bond motifs is 1. The molecule has 2 fully saturated rings. The van der Waals surface area contributed by atoms with E-state index in [4.69, 9.17) is 9.84 Å². The number of nitrogens with zero attached hydrogens (tertiary/aromatic N) is 4. The molecule has 2 aromatic carbocycles. The van der Waals surface area contributed by atoms with E-state index in [9.17, 15) is 14.4 Å². The molecule has 4 heterocycles. The second-order valence-electron chi connectivity index (χ2n) is 10.1. The molecule has 0 saturated carbocycles. The number of carbonyl (C=O) groups excluding carboxylic acids is 3. The van der Waals surface area contributed by atoms with E-state index in [1.54, 1.807) is 4.90 Å². The van der Waals surface area contributed by atoms with Crippen LogP contribution < -0.4 is 5.32 Å². The molecule has 3 aliphatic rings. The molecule has 0 bridgehead atoms. The van der Waals surface area contributed by atoms with Gasteiger partial charge >= 0.3 is 0 Å². The Labute approximate surface area is 221 Å². The number of imide groups is 1. The van der Waals surface area contributed by atoms with Gasteiger partial charge in [-0.15, -0.1) is 0 Å². The lowest BCUT2D eigenvalue weighted by Gasteiger charge is -2.29. The quantitative estimate of drug-likeness (QED) is 0.509. The van der Waals surface area contributed by atoms with E-state index in [1.807, 2.05) is 36.4 Å². The van der Waals surface area contributed by atoms with Crippen LogP contribution in [0.3, 0.4) is 0 Å². The van der Waals surface area contributed by atoms with Gasteiger partial charge in [-0.3, -0.25) is 29.3 Å². The number of nitrogens with one attached hydrogen (secondary N) is 1. The second-order valence-corrected chi connectivity index (χ2v) is 10.1. The monoisotopic (exact) mass is 513 g/mol. The first kappa shape index (κ1) is 24.5. The van der Waals surface area contributed by atoms with Gasteiger partial charge in [-0.05, 0) is 36.6 Å². The van der Waals surface area contributed by atoms with Crippen molar-refractivity contribution in [3.05, 3.63) is 65.4 Å². The molecule has 1 unspecified atom stereocenters. The van der Waals surface area contributed by atoms with Crippen molar-refractivity contribution in [3.63, 3.8) is 0 Å². The topological polar surface area (TPSA) is 96.8 Å². The standard InChI is InChI=1S/C29H31N5O4/c1-19-26(20-5-3-2-4-6-20)27(31-34(19)12-11-32-13-15-38-16-14-32)21-7-8-23-22(17-21)18-33(29(23)37)24-9-10-25(35)30-28(24)36/h2-8,17,24H,9-16,18H2,1H3,(H,30,35,36). The Morgan fingerprint density at radius 1 is 1.00 bits per heavy atom. The number of morpholine rings is 1. The third kappa shape index (κ3) is 4.52. The van der Waals surface area contributed by atoms with Crippen LogP contribution in [0, 0.1) is 6.92 Å². The molecule has 2 saturated heterocycles. The number of piperidine rings is 1. The predicted molar refractivity (Wildman–Crippen MR) is 141 cm³/mol. The first-order chi connectivity index (χ1) is 18.5. The summed E-state index contributed by atoms with van der Waals surface area (Å²) in [5, 5.41) is 7.44. The van der Waals surface area contributed by atoms with Crippen molar-refractivity contribution >= 4 is 17.7 Å². The Balaban J connectivity index is 1.32. The average molecular weight is 514 g/mol. The van der Waals surface area contributed by atoms with Gasteiger partial charge < -0.3 is 9.64 Å². The van der Waals surface area contributed by atoms with Crippen LogP contribution in [0.25, 0.3) is 22.4 Å². The summed E-state index contributed by atoms with van der Waals surface area (Å²) in [5.41, 5.74) is 6.57. The minimum atomic E-state index is -0.627. The van der Waals surface area contributed by atoms with Crippen molar-refractivity contribution in [2.45, 2.75) is 38.9 Å². The summed E-state index contributed by atoms with van der Waals surface area (Å²) in [5.74, 6) is -0.856. The molecule has 3 amide bonds. The molecule has 3 aromatic rings. The largest absolute Gasteiger partial charge is 0.379 e. The highest BCUT2D eigenvalue weighted by Crippen LogP contribution is 2.37. The molecule has 1 N–H and O–H groups in total. The molecule has 3 aliphatic heterocycles. The minimum absolute atomic E-state index is 0.170. The average Bonchev–Trinajstić information content (AvgIpc) is 3.44. The second kappa shape index (κ2) is 10.2. The lowest BCUT2D eigenvalue weighted by atomic mass is 9.97. The fourth-order valence-electron chi connectivity index (χ4n) is 5.70. The van der Waals surface area contributed by atoms with Crippen LogP contribution in [0.15, 0.2) is 48.5 Å². The summed E-state index contributed by atoms with van der Waals surface area (Å²) in [6.07, 6.45) is 0.589. The van der Waals surface area contributed by atoms with Crippen LogP contribution in [0.5, 0.6) is 0 Å². The van der Waals surface area contributed by atoms with Crippen LogP contribution in [-0.4, -0.2) is 76.2 Å². The molecule has 0 spiro atoms. The number of benzene rings is 2.